The lowest BCUT2D eigenvalue weighted by Gasteiger charge is -2.02. The molecule has 0 radical (unpaired) electrons. The van der Waals surface area contributed by atoms with Crippen LogP contribution in [0, 0.1) is 4.77 Å². The van der Waals surface area contributed by atoms with E-state index in [1.54, 1.807) is 24.4 Å². The second-order valence-electron chi connectivity index (χ2n) is 4.48. The summed E-state index contributed by atoms with van der Waals surface area (Å²) in [6.07, 6.45) is 1.54. The van der Waals surface area contributed by atoms with Crippen LogP contribution in [-0.4, -0.2) is 26.2 Å². The second kappa shape index (κ2) is 6.25. The normalized spacial score (nSPS) is 11.1. The van der Waals surface area contributed by atoms with Crippen LogP contribution < -0.4 is 0 Å². The predicted molar refractivity (Wildman–Crippen MR) is 91.6 cm³/mol. The number of phenols is 1. The topological polar surface area (TPSA) is 66.2 Å². The quantitative estimate of drug-likeness (QED) is 0.538. The summed E-state index contributed by atoms with van der Waals surface area (Å²) < 4.78 is 2.83. The molecule has 5 nitrogen and oxygen atoms in total. The van der Waals surface area contributed by atoms with Gasteiger partial charge in [0.15, 0.2) is 5.82 Å². The molecule has 0 bridgehead atoms. The van der Waals surface area contributed by atoms with Crippen LogP contribution in [0.3, 0.4) is 0 Å². The fraction of sp³-hybridized carbons (Fsp3) is 0. The fourth-order valence-corrected chi connectivity index (χ4v) is 2.51. The fourth-order valence-electron chi connectivity index (χ4n) is 1.93. The lowest BCUT2D eigenvalue weighted by molar-refractivity contribution is 0.474. The zero-order valence-electron chi connectivity index (χ0n) is 11.3. The SMILES string of the molecule is Oc1ccccc1/C=N/n1c(-c2cccc(Br)c2)n[nH]c1=S. The zero-order valence-corrected chi connectivity index (χ0v) is 13.7. The van der Waals surface area contributed by atoms with Crippen molar-refractivity contribution in [3.05, 3.63) is 63.3 Å². The van der Waals surface area contributed by atoms with Crippen LogP contribution in [0.15, 0.2) is 58.1 Å². The summed E-state index contributed by atoms with van der Waals surface area (Å²) in [5, 5.41) is 21.0. The lowest BCUT2D eigenvalue weighted by Crippen LogP contribution is -1.95. The standard InChI is InChI=1S/C15H11BrN4OS/c16-12-6-3-5-10(8-12)14-18-19-15(22)20(14)17-9-11-4-1-2-7-13(11)21/h1-9,21H,(H,19,22)/b17-9+. The molecule has 0 saturated carbocycles. The first-order valence-electron chi connectivity index (χ1n) is 6.41. The Morgan fingerprint density at radius 2 is 2.05 bits per heavy atom. The highest BCUT2D eigenvalue weighted by molar-refractivity contribution is 9.10. The maximum absolute atomic E-state index is 9.77. The summed E-state index contributed by atoms with van der Waals surface area (Å²) in [5.41, 5.74) is 1.47. The van der Waals surface area contributed by atoms with E-state index in [2.05, 4.69) is 31.2 Å². The van der Waals surface area contributed by atoms with Gasteiger partial charge in [0.25, 0.3) is 0 Å². The maximum atomic E-state index is 9.77. The summed E-state index contributed by atoms with van der Waals surface area (Å²) in [6.45, 7) is 0. The van der Waals surface area contributed by atoms with E-state index < -0.39 is 0 Å². The monoisotopic (exact) mass is 374 g/mol. The van der Waals surface area contributed by atoms with E-state index in [0.29, 0.717) is 16.2 Å². The third-order valence-corrected chi connectivity index (χ3v) is 3.74. The second-order valence-corrected chi connectivity index (χ2v) is 5.78. The molecule has 0 fully saturated rings. The molecule has 0 spiro atoms. The Morgan fingerprint density at radius 3 is 2.82 bits per heavy atom. The van der Waals surface area contributed by atoms with E-state index in [4.69, 9.17) is 12.2 Å². The van der Waals surface area contributed by atoms with Crippen molar-refractivity contribution >= 4 is 34.4 Å². The van der Waals surface area contributed by atoms with Gasteiger partial charge in [-0.15, -0.1) is 0 Å². The van der Waals surface area contributed by atoms with Gasteiger partial charge in [0.2, 0.25) is 4.77 Å². The van der Waals surface area contributed by atoms with Crippen LogP contribution in [0.5, 0.6) is 5.75 Å². The Bertz CT molecular complexity index is 900. The van der Waals surface area contributed by atoms with E-state index >= 15 is 0 Å². The van der Waals surface area contributed by atoms with Crippen molar-refractivity contribution in [2.45, 2.75) is 0 Å². The minimum Gasteiger partial charge on any atom is -0.507 e. The van der Waals surface area contributed by atoms with Crippen molar-refractivity contribution < 1.29 is 5.11 Å². The highest BCUT2D eigenvalue weighted by Crippen LogP contribution is 2.21. The third-order valence-electron chi connectivity index (χ3n) is 2.98. The number of nitrogens with one attached hydrogen (secondary N) is 1. The van der Waals surface area contributed by atoms with Crippen LogP contribution in [0.1, 0.15) is 5.56 Å². The first-order valence-corrected chi connectivity index (χ1v) is 7.61. The average molecular weight is 375 g/mol. The molecule has 0 aliphatic rings. The van der Waals surface area contributed by atoms with Gasteiger partial charge in [0.05, 0.1) is 6.21 Å². The molecule has 22 heavy (non-hydrogen) atoms. The van der Waals surface area contributed by atoms with Crippen LogP contribution in [0.2, 0.25) is 0 Å². The Hall–Kier alpha value is -2.25. The Kier molecular flexibility index (Phi) is 4.17. The first-order chi connectivity index (χ1) is 10.6. The number of phenolic OH excluding ortho intramolecular Hbond substituents is 1. The minimum atomic E-state index is 0.158. The number of nitrogens with zero attached hydrogens (tertiary/aromatic N) is 3. The Labute approximate surface area is 140 Å². The van der Waals surface area contributed by atoms with Gasteiger partial charge in [-0.25, -0.2) is 5.10 Å². The molecule has 3 aromatic rings. The Morgan fingerprint density at radius 1 is 1.23 bits per heavy atom. The highest BCUT2D eigenvalue weighted by atomic mass is 79.9. The van der Waals surface area contributed by atoms with E-state index in [1.165, 1.54) is 4.68 Å². The number of benzene rings is 2. The van der Waals surface area contributed by atoms with Crippen LogP contribution in [0.25, 0.3) is 11.4 Å². The van der Waals surface area contributed by atoms with Gasteiger partial charge in [-0.3, -0.25) is 0 Å². The van der Waals surface area contributed by atoms with Crippen molar-refractivity contribution in [1.82, 2.24) is 14.9 Å². The predicted octanol–water partition coefficient (Wildman–Crippen LogP) is 3.96. The number of rotatable bonds is 3. The number of hydrogen-bond acceptors (Lipinski definition) is 4. The largest absolute Gasteiger partial charge is 0.507 e. The molecule has 0 atom stereocenters. The zero-order chi connectivity index (χ0) is 15.5. The summed E-state index contributed by atoms with van der Waals surface area (Å²) in [7, 11) is 0. The van der Waals surface area contributed by atoms with Gasteiger partial charge in [0, 0.05) is 15.6 Å². The Balaban J connectivity index is 2.04. The number of aromatic nitrogens is 3. The number of aromatic amines is 1. The van der Waals surface area contributed by atoms with Crippen LogP contribution in [0.4, 0.5) is 0 Å². The van der Waals surface area contributed by atoms with E-state index in [9.17, 15) is 5.11 Å². The van der Waals surface area contributed by atoms with Gasteiger partial charge in [-0.1, -0.05) is 40.2 Å². The van der Waals surface area contributed by atoms with Gasteiger partial charge in [-0.05, 0) is 36.5 Å². The molecule has 110 valence electrons. The molecular formula is C15H11BrN4OS. The third kappa shape index (κ3) is 3.00. The summed E-state index contributed by atoms with van der Waals surface area (Å²) in [6, 6.07) is 14.6. The van der Waals surface area contributed by atoms with Crippen molar-refractivity contribution in [2.75, 3.05) is 0 Å². The van der Waals surface area contributed by atoms with Crippen molar-refractivity contribution in [2.24, 2.45) is 5.10 Å². The smallest absolute Gasteiger partial charge is 0.216 e. The summed E-state index contributed by atoms with van der Waals surface area (Å²) in [4.78, 5) is 0. The molecule has 0 aliphatic heterocycles. The molecule has 1 heterocycles. The number of hydrogen-bond donors (Lipinski definition) is 2. The summed E-state index contributed by atoms with van der Waals surface area (Å²) in [5.74, 6) is 0.753. The van der Waals surface area contributed by atoms with Crippen molar-refractivity contribution in [3.63, 3.8) is 0 Å². The summed E-state index contributed by atoms with van der Waals surface area (Å²) >= 11 is 8.64. The van der Waals surface area contributed by atoms with Gasteiger partial charge >= 0.3 is 0 Å². The highest BCUT2D eigenvalue weighted by Gasteiger charge is 2.08. The van der Waals surface area contributed by atoms with Gasteiger partial charge < -0.3 is 5.11 Å². The first kappa shape index (κ1) is 14.7. The van der Waals surface area contributed by atoms with Gasteiger partial charge in [-0.2, -0.15) is 14.9 Å². The van der Waals surface area contributed by atoms with E-state index in [1.807, 2.05) is 30.3 Å². The van der Waals surface area contributed by atoms with Crippen LogP contribution >= 0.6 is 28.1 Å². The average Bonchev–Trinajstić information content (AvgIpc) is 2.87. The molecule has 1 aromatic heterocycles. The molecule has 0 unspecified atom stereocenters. The molecule has 2 aromatic carbocycles. The minimum absolute atomic E-state index is 0.158. The molecule has 3 rings (SSSR count). The van der Waals surface area contributed by atoms with E-state index in [-0.39, 0.29) is 5.75 Å². The number of halogens is 1. The van der Waals surface area contributed by atoms with Crippen molar-refractivity contribution in [1.29, 1.82) is 0 Å². The van der Waals surface area contributed by atoms with E-state index in [0.717, 1.165) is 10.0 Å². The van der Waals surface area contributed by atoms with Crippen molar-refractivity contribution in [3.8, 4) is 17.1 Å². The number of H-pyrrole nitrogens is 1. The molecule has 7 heteroatoms. The lowest BCUT2D eigenvalue weighted by atomic mass is 10.2. The van der Waals surface area contributed by atoms with Crippen LogP contribution in [-0.2, 0) is 0 Å². The maximum Gasteiger partial charge on any atom is 0.216 e. The molecule has 0 amide bonds. The molecule has 0 aliphatic carbocycles. The molecular weight excluding hydrogens is 364 g/mol. The number of para-hydroxylation sites is 1. The number of aromatic hydroxyl groups is 1. The molecule has 0 saturated heterocycles. The van der Waals surface area contributed by atoms with Gasteiger partial charge in [0.1, 0.15) is 5.75 Å². The molecule has 2 N–H and O–H groups in total.